The molecule has 0 saturated heterocycles. The van der Waals surface area contributed by atoms with Crippen molar-refractivity contribution in [3.63, 3.8) is 0 Å². The van der Waals surface area contributed by atoms with Gasteiger partial charge in [0.15, 0.2) is 0 Å². The van der Waals surface area contributed by atoms with E-state index in [-0.39, 0.29) is 5.41 Å². The monoisotopic (exact) mass is 271 g/mol. The highest BCUT2D eigenvalue weighted by atomic mass is 32.1. The average molecular weight is 271 g/mol. The minimum Gasteiger partial charge on any atom is -0.477 e. The van der Waals surface area contributed by atoms with E-state index in [0.717, 1.165) is 25.1 Å². The van der Waals surface area contributed by atoms with Gasteiger partial charge in [0.1, 0.15) is 4.88 Å². The van der Waals surface area contributed by atoms with Crippen LogP contribution in [0.4, 0.5) is 0 Å². The van der Waals surface area contributed by atoms with Crippen LogP contribution in [0, 0.1) is 5.41 Å². The zero-order chi connectivity index (χ0) is 13.6. The highest BCUT2D eigenvalue weighted by Crippen LogP contribution is 2.20. The first-order valence-corrected chi connectivity index (χ1v) is 6.83. The maximum absolute atomic E-state index is 11.0. The molecule has 0 atom stereocenters. The van der Waals surface area contributed by atoms with Gasteiger partial charge in [-0.3, -0.25) is 0 Å². The van der Waals surface area contributed by atoms with Crippen LogP contribution < -0.4 is 5.32 Å². The van der Waals surface area contributed by atoms with Crippen molar-refractivity contribution in [2.45, 2.75) is 26.8 Å². The van der Waals surface area contributed by atoms with E-state index in [1.54, 1.807) is 7.11 Å². The zero-order valence-electron chi connectivity index (χ0n) is 11.2. The molecular formula is C13H21NO3S. The van der Waals surface area contributed by atoms with E-state index < -0.39 is 5.97 Å². The molecule has 1 aromatic rings. The number of methoxy groups -OCH3 is 1. The maximum Gasteiger partial charge on any atom is 0.346 e. The summed E-state index contributed by atoms with van der Waals surface area (Å²) in [6.45, 7) is 6.52. The van der Waals surface area contributed by atoms with Gasteiger partial charge < -0.3 is 15.2 Å². The molecule has 4 nitrogen and oxygen atoms in total. The van der Waals surface area contributed by atoms with E-state index in [4.69, 9.17) is 9.84 Å². The number of carbonyl (C=O) groups is 1. The molecule has 0 aliphatic heterocycles. The smallest absolute Gasteiger partial charge is 0.346 e. The molecule has 1 rings (SSSR count). The maximum atomic E-state index is 11.0. The van der Waals surface area contributed by atoms with Gasteiger partial charge in [-0.2, -0.15) is 0 Å². The van der Waals surface area contributed by atoms with Crippen LogP contribution in [0.2, 0.25) is 0 Å². The summed E-state index contributed by atoms with van der Waals surface area (Å²) in [4.78, 5) is 11.4. The van der Waals surface area contributed by atoms with Gasteiger partial charge in [-0.15, -0.1) is 11.3 Å². The van der Waals surface area contributed by atoms with Gasteiger partial charge in [0, 0.05) is 26.8 Å². The van der Waals surface area contributed by atoms with E-state index in [1.165, 1.54) is 11.3 Å². The number of aromatic carboxylic acids is 1. The SMILES string of the molecule is COCCC(C)(C)CNCc1ccsc1C(=O)O. The van der Waals surface area contributed by atoms with Crippen LogP contribution in [-0.2, 0) is 11.3 Å². The minimum absolute atomic E-state index is 0.148. The molecule has 0 aliphatic rings. The number of nitrogens with one attached hydrogen (secondary N) is 1. The second-order valence-corrected chi connectivity index (χ2v) is 6.01. The molecule has 0 aliphatic carbocycles. The Labute approximate surface area is 112 Å². The third-order valence-electron chi connectivity index (χ3n) is 2.84. The number of ether oxygens (including phenoxy) is 1. The van der Waals surface area contributed by atoms with Crippen molar-refractivity contribution in [3.05, 3.63) is 21.9 Å². The van der Waals surface area contributed by atoms with Gasteiger partial charge in [0.25, 0.3) is 0 Å². The summed E-state index contributed by atoms with van der Waals surface area (Å²) in [6, 6.07) is 1.86. The lowest BCUT2D eigenvalue weighted by atomic mass is 9.89. The molecule has 0 spiro atoms. The standard InChI is InChI=1S/C13H21NO3S/c1-13(2,5-6-17-3)9-14-8-10-4-7-18-11(10)12(15)16/h4,7,14H,5-6,8-9H2,1-3H3,(H,15,16). The number of rotatable bonds is 8. The van der Waals surface area contributed by atoms with Crippen LogP contribution in [0.25, 0.3) is 0 Å². The molecular weight excluding hydrogens is 250 g/mol. The lowest BCUT2D eigenvalue weighted by Gasteiger charge is -2.24. The van der Waals surface area contributed by atoms with Crippen molar-refractivity contribution in [1.29, 1.82) is 0 Å². The molecule has 1 aromatic heterocycles. The predicted molar refractivity (Wildman–Crippen MR) is 73.3 cm³/mol. The van der Waals surface area contributed by atoms with E-state index in [0.29, 0.717) is 11.4 Å². The summed E-state index contributed by atoms with van der Waals surface area (Å²) < 4.78 is 5.08. The van der Waals surface area contributed by atoms with Crippen molar-refractivity contribution >= 4 is 17.3 Å². The molecule has 2 N–H and O–H groups in total. The van der Waals surface area contributed by atoms with Gasteiger partial charge in [-0.05, 0) is 28.8 Å². The quantitative estimate of drug-likeness (QED) is 0.763. The fraction of sp³-hybridized carbons (Fsp3) is 0.615. The highest BCUT2D eigenvalue weighted by molar-refractivity contribution is 7.12. The highest BCUT2D eigenvalue weighted by Gasteiger charge is 2.18. The number of thiophene rings is 1. The van der Waals surface area contributed by atoms with Crippen LogP contribution in [0.5, 0.6) is 0 Å². The number of hydrogen-bond donors (Lipinski definition) is 2. The summed E-state index contributed by atoms with van der Waals surface area (Å²) in [5, 5.41) is 14.1. The summed E-state index contributed by atoms with van der Waals surface area (Å²) in [5.74, 6) is -0.847. The fourth-order valence-corrected chi connectivity index (χ4v) is 2.43. The van der Waals surface area contributed by atoms with E-state index in [9.17, 15) is 4.79 Å². The Bertz CT molecular complexity index is 387. The lowest BCUT2D eigenvalue weighted by molar-refractivity contribution is 0.0701. The predicted octanol–water partition coefficient (Wildman–Crippen LogP) is 2.60. The summed E-state index contributed by atoms with van der Waals surface area (Å²) >= 11 is 1.27. The van der Waals surface area contributed by atoms with Gasteiger partial charge in [0.2, 0.25) is 0 Å². The third-order valence-corrected chi connectivity index (χ3v) is 3.79. The van der Waals surface area contributed by atoms with Crippen molar-refractivity contribution in [2.24, 2.45) is 5.41 Å². The lowest BCUT2D eigenvalue weighted by Crippen LogP contribution is -2.30. The largest absolute Gasteiger partial charge is 0.477 e. The Balaban J connectivity index is 2.41. The Morgan fingerprint density at radius 3 is 2.89 bits per heavy atom. The molecule has 0 bridgehead atoms. The Kier molecular flexibility index (Phi) is 5.78. The first kappa shape index (κ1) is 15.1. The normalized spacial score (nSPS) is 11.7. The molecule has 0 amide bonds. The Morgan fingerprint density at radius 2 is 2.28 bits per heavy atom. The molecule has 0 unspecified atom stereocenters. The molecule has 0 aromatic carbocycles. The van der Waals surface area contributed by atoms with E-state index >= 15 is 0 Å². The van der Waals surface area contributed by atoms with Gasteiger partial charge in [0.05, 0.1) is 0 Å². The molecule has 102 valence electrons. The number of carboxylic acid groups (broad SMARTS) is 1. The van der Waals surface area contributed by atoms with Crippen molar-refractivity contribution in [2.75, 3.05) is 20.3 Å². The van der Waals surface area contributed by atoms with Crippen molar-refractivity contribution < 1.29 is 14.6 Å². The first-order chi connectivity index (χ1) is 8.46. The number of carboxylic acids is 1. The molecule has 1 heterocycles. The second kappa shape index (κ2) is 6.87. The van der Waals surface area contributed by atoms with Crippen LogP contribution in [0.15, 0.2) is 11.4 Å². The fourth-order valence-electron chi connectivity index (χ4n) is 1.66. The van der Waals surface area contributed by atoms with Crippen LogP contribution in [0.3, 0.4) is 0 Å². The number of hydrogen-bond acceptors (Lipinski definition) is 4. The van der Waals surface area contributed by atoms with Gasteiger partial charge in [-0.1, -0.05) is 13.8 Å². The minimum atomic E-state index is -0.847. The van der Waals surface area contributed by atoms with Gasteiger partial charge in [-0.25, -0.2) is 4.79 Å². The first-order valence-electron chi connectivity index (χ1n) is 5.95. The Morgan fingerprint density at radius 1 is 1.56 bits per heavy atom. The summed E-state index contributed by atoms with van der Waals surface area (Å²) in [6.07, 6.45) is 0.978. The molecule has 0 saturated carbocycles. The molecule has 18 heavy (non-hydrogen) atoms. The van der Waals surface area contributed by atoms with E-state index in [2.05, 4.69) is 19.2 Å². The van der Waals surface area contributed by atoms with Crippen LogP contribution in [0.1, 0.15) is 35.5 Å². The second-order valence-electron chi connectivity index (χ2n) is 5.09. The summed E-state index contributed by atoms with van der Waals surface area (Å²) in [7, 11) is 1.70. The van der Waals surface area contributed by atoms with Crippen LogP contribution in [-0.4, -0.2) is 31.3 Å². The van der Waals surface area contributed by atoms with E-state index in [1.807, 2.05) is 11.4 Å². The zero-order valence-corrected chi connectivity index (χ0v) is 12.0. The average Bonchev–Trinajstić information content (AvgIpc) is 2.74. The molecule has 0 fully saturated rings. The van der Waals surface area contributed by atoms with Crippen molar-refractivity contribution in [1.82, 2.24) is 5.32 Å². The molecule has 5 heteroatoms. The Hall–Kier alpha value is -0.910. The summed E-state index contributed by atoms with van der Waals surface area (Å²) in [5.41, 5.74) is 1.00. The van der Waals surface area contributed by atoms with Crippen LogP contribution >= 0.6 is 11.3 Å². The van der Waals surface area contributed by atoms with Gasteiger partial charge >= 0.3 is 5.97 Å². The topological polar surface area (TPSA) is 58.6 Å². The third kappa shape index (κ3) is 4.76. The molecule has 0 radical (unpaired) electrons. The van der Waals surface area contributed by atoms with Crippen molar-refractivity contribution in [3.8, 4) is 0 Å².